The summed E-state index contributed by atoms with van der Waals surface area (Å²) in [7, 11) is 0. The zero-order valence-electron chi connectivity index (χ0n) is 6.37. The molecule has 0 rings (SSSR count). The number of allylic oxidation sites excluding steroid dienone is 1. The van der Waals surface area contributed by atoms with Gasteiger partial charge in [-0.2, -0.15) is 0 Å². The molecular weight excluding hydrogens is 258 g/mol. The van der Waals surface area contributed by atoms with Crippen molar-refractivity contribution in [2.75, 3.05) is 0 Å². The van der Waals surface area contributed by atoms with Gasteiger partial charge < -0.3 is 0 Å². The summed E-state index contributed by atoms with van der Waals surface area (Å²) in [6.45, 7) is 5.99. The van der Waals surface area contributed by atoms with Gasteiger partial charge in [-0.1, -0.05) is 26.3 Å². The normalized spacial score (nSPS) is 13.1. The van der Waals surface area contributed by atoms with Gasteiger partial charge in [0, 0.05) is 5.38 Å². The molecule has 0 N–H and O–H groups in total. The predicted octanol–water partition coefficient (Wildman–Crippen LogP) is 4.12. The minimum absolute atomic E-state index is 0.310. The van der Waals surface area contributed by atoms with Gasteiger partial charge in [0.2, 0.25) is 0 Å². The summed E-state index contributed by atoms with van der Waals surface area (Å²) in [4.78, 5) is 0. The molecule has 0 aliphatic rings. The molecule has 0 amide bonds. The summed E-state index contributed by atoms with van der Waals surface area (Å²) >= 11 is 8.22. The molecule has 0 radical (unpaired) electrons. The second kappa shape index (κ2) is 6.47. The van der Waals surface area contributed by atoms with Crippen LogP contribution in [0.25, 0.3) is 0 Å². The zero-order valence-corrected chi connectivity index (χ0v) is 9.28. The van der Waals surface area contributed by atoms with E-state index in [0.717, 1.165) is 16.4 Å². The van der Waals surface area contributed by atoms with Gasteiger partial charge in [0.1, 0.15) is 0 Å². The Morgan fingerprint density at radius 2 is 2.30 bits per heavy atom. The molecule has 0 aromatic heterocycles. The van der Waals surface area contributed by atoms with Crippen molar-refractivity contribution >= 4 is 34.2 Å². The highest BCUT2D eigenvalue weighted by Crippen LogP contribution is 2.19. The van der Waals surface area contributed by atoms with Gasteiger partial charge in [0.05, 0.1) is 0 Å². The zero-order chi connectivity index (χ0) is 7.98. The molecule has 1 atom stereocenters. The topological polar surface area (TPSA) is 0 Å². The molecule has 0 saturated heterocycles. The molecule has 0 saturated carbocycles. The van der Waals surface area contributed by atoms with E-state index in [9.17, 15) is 0 Å². The van der Waals surface area contributed by atoms with E-state index in [1.807, 2.05) is 0 Å². The summed E-state index contributed by atoms with van der Waals surface area (Å²) in [5.74, 6) is 0. The Bertz CT molecular complexity index is 101. The summed E-state index contributed by atoms with van der Waals surface area (Å²) in [5.41, 5.74) is 0. The van der Waals surface area contributed by atoms with Gasteiger partial charge in [0.25, 0.3) is 0 Å². The smallest absolute Gasteiger partial charge is 0.0380 e. The molecule has 0 nitrogen and oxygen atoms in total. The maximum absolute atomic E-state index is 5.99. The van der Waals surface area contributed by atoms with E-state index in [0.29, 0.717) is 5.38 Å². The van der Waals surface area contributed by atoms with Crippen LogP contribution < -0.4 is 0 Å². The van der Waals surface area contributed by atoms with E-state index in [1.165, 1.54) is 12.8 Å². The highest BCUT2D eigenvalue weighted by molar-refractivity contribution is 14.1. The lowest BCUT2D eigenvalue weighted by Gasteiger charge is -2.05. The molecule has 0 aromatic carbocycles. The van der Waals surface area contributed by atoms with Crippen molar-refractivity contribution in [1.82, 2.24) is 0 Å². The average Bonchev–Trinajstić information content (AvgIpc) is 1.82. The Morgan fingerprint density at radius 1 is 1.70 bits per heavy atom. The fourth-order valence-corrected chi connectivity index (χ4v) is 1.90. The molecule has 2 heteroatoms. The van der Waals surface area contributed by atoms with Crippen LogP contribution >= 0.6 is 34.2 Å². The summed E-state index contributed by atoms with van der Waals surface area (Å²) in [5, 5.41) is 0.310. The first-order chi connectivity index (χ1) is 4.66. The quantitative estimate of drug-likeness (QED) is 0.521. The lowest BCUT2D eigenvalue weighted by molar-refractivity contribution is 0.681. The summed E-state index contributed by atoms with van der Waals surface area (Å²) < 4.78 is 1.16. The van der Waals surface area contributed by atoms with Crippen molar-refractivity contribution in [2.24, 2.45) is 0 Å². The number of unbranched alkanes of at least 4 members (excludes halogenated alkanes) is 1. The number of rotatable bonds is 5. The van der Waals surface area contributed by atoms with Gasteiger partial charge in [-0.15, -0.1) is 11.6 Å². The van der Waals surface area contributed by atoms with Crippen LogP contribution in [0.5, 0.6) is 0 Å². The highest BCUT2D eigenvalue weighted by Gasteiger charge is 2.03. The van der Waals surface area contributed by atoms with Gasteiger partial charge in [-0.25, -0.2) is 0 Å². The van der Waals surface area contributed by atoms with Crippen molar-refractivity contribution < 1.29 is 0 Å². The molecule has 0 heterocycles. The summed E-state index contributed by atoms with van der Waals surface area (Å²) in [6.07, 6.45) is 4.55. The van der Waals surface area contributed by atoms with E-state index < -0.39 is 0 Å². The summed E-state index contributed by atoms with van der Waals surface area (Å²) in [6, 6.07) is 0. The fourth-order valence-electron chi connectivity index (χ4n) is 0.768. The molecule has 0 bridgehead atoms. The third-order valence-corrected chi connectivity index (χ3v) is 2.13. The van der Waals surface area contributed by atoms with Gasteiger partial charge in [-0.05, 0) is 39.0 Å². The lowest BCUT2D eigenvalue weighted by Crippen LogP contribution is -1.96. The van der Waals surface area contributed by atoms with E-state index >= 15 is 0 Å². The molecule has 0 aromatic rings. The van der Waals surface area contributed by atoms with E-state index in [4.69, 9.17) is 11.6 Å². The van der Waals surface area contributed by atoms with Crippen molar-refractivity contribution in [3.63, 3.8) is 0 Å². The van der Waals surface area contributed by atoms with Crippen molar-refractivity contribution in [1.29, 1.82) is 0 Å². The monoisotopic (exact) mass is 272 g/mol. The van der Waals surface area contributed by atoms with Crippen LogP contribution in [0.4, 0.5) is 0 Å². The predicted molar refractivity (Wildman–Crippen MR) is 56.9 cm³/mol. The second-order valence-corrected chi connectivity index (χ2v) is 4.60. The van der Waals surface area contributed by atoms with Crippen molar-refractivity contribution in [3.05, 3.63) is 10.2 Å². The minimum Gasteiger partial charge on any atom is -0.123 e. The first-order valence-corrected chi connectivity index (χ1v) is 5.15. The second-order valence-electron chi connectivity index (χ2n) is 2.46. The van der Waals surface area contributed by atoms with E-state index in [-0.39, 0.29) is 0 Å². The molecular formula is C8H14ClI. The molecule has 10 heavy (non-hydrogen) atoms. The standard InChI is InChI=1S/C8H14ClI/c1-3-4-5-8(9)6-7(2)10/h8H,2-6H2,1H3/t8-/m1/s1. The van der Waals surface area contributed by atoms with Gasteiger partial charge >= 0.3 is 0 Å². The molecule has 0 aliphatic carbocycles. The third kappa shape index (κ3) is 6.87. The Balaban J connectivity index is 3.25. The Morgan fingerprint density at radius 3 is 2.70 bits per heavy atom. The number of halogens is 2. The maximum atomic E-state index is 5.99. The lowest BCUT2D eigenvalue weighted by atomic mass is 10.1. The number of hydrogen-bond acceptors (Lipinski definition) is 0. The SMILES string of the molecule is C=C(I)C[C@H](Cl)CCCC. The van der Waals surface area contributed by atoms with Crippen LogP contribution in [-0.2, 0) is 0 Å². The Hall–Kier alpha value is 0.760. The molecule has 60 valence electrons. The Kier molecular flexibility index (Phi) is 6.96. The molecule has 0 aliphatic heterocycles. The van der Waals surface area contributed by atoms with Gasteiger partial charge in [0.15, 0.2) is 0 Å². The maximum Gasteiger partial charge on any atom is 0.0380 e. The minimum atomic E-state index is 0.310. The number of hydrogen-bond donors (Lipinski definition) is 0. The van der Waals surface area contributed by atoms with Crippen LogP contribution in [-0.4, -0.2) is 5.38 Å². The van der Waals surface area contributed by atoms with Crippen LogP contribution in [0.1, 0.15) is 32.6 Å². The van der Waals surface area contributed by atoms with E-state index in [1.54, 1.807) is 0 Å². The highest BCUT2D eigenvalue weighted by atomic mass is 127. The first kappa shape index (κ1) is 10.8. The van der Waals surface area contributed by atoms with Gasteiger partial charge in [-0.3, -0.25) is 0 Å². The number of alkyl halides is 1. The molecule has 0 fully saturated rings. The van der Waals surface area contributed by atoms with Crippen LogP contribution in [0.2, 0.25) is 0 Å². The first-order valence-electron chi connectivity index (χ1n) is 3.64. The largest absolute Gasteiger partial charge is 0.123 e. The molecule has 0 spiro atoms. The third-order valence-electron chi connectivity index (χ3n) is 1.31. The fraction of sp³-hybridized carbons (Fsp3) is 0.750. The Labute approximate surface area is 82.2 Å². The van der Waals surface area contributed by atoms with Crippen LogP contribution in [0.15, 0.2) is 10.2 Å². The van der Waals surface area contributed by atoms with Crippen LogP contribution in [0.3, 0.4) is 0 Å². The van der Waals surface area contributed by atoms with Crippen molar-refractivity contribution in [2.45, 2.75) is 38.0 Å². The van der Waals surface area contributed by atoms with E-state index in [2.05, 4.69) is 36.1 Å². The molecule has 0 unspecified atom stereocenters. The van der Waals surface area contributed by atoms with Crippen LogP contribution in [0, 0.1) is 0 Å². The average molecular weight is 273 g/mol. The van der Waals surface area contributed by atoms with Crippen molar-refractivity contribution in [3.8, 4) is 0 Å².